The molecule has 274 valence electrons. The molecule has 50 heavy (non-hydrogen) atoms. The first-order valence-corrected chi connectivity index (χ1v) is 17.5. The fourth-order valence-electron chi connectivity index (χ4n) is 9.04. The first-order chi connectivity index (χ1) is 23.7. The summed E-state index contributed by atoms with van der Waals surface area (Å²) in [6.45, 7) is 9.16. The topological polar surface area (TPSA) is 128 Å². The first-order valence-electron chi connectivity index (χ1n) is 17.5. The van der Waals surface area contributed by atoms with Crippen molar-refractivity contribution in [2.45, 2.75) is 102 Å². The van der Waals surface area contributed by atoms with Crippen molar-refractivity contribution in [2.24, 2.45) is 22.7 Å². The number of hydrogen-bond donors (Lipinski definition) is 1. The van der Waals surface area contributed by atoms with Gasteiger partial charge in [0, 0.05) is 24.9 Å². The minimum absolute atomic E-state index is 0.0344. The second kappa shape index (κ2) is 14.0. The lowest BCUT2D eigenvalue weighted by Crippen LogP contribution is -2.75. The van der Waals surface area contributed by atoms with E-state index in [1.165, 1.54) is 7.11 Å². The van der Waals surface area contributed by atoms with Gasteiger partial charge in [0.15, 0.2) is 17.4 Å². The number of fused-ring (bicyclic) bond motifs is 4. The van der Waals surface area contributed by atoms with Crippen LogP contribution in [0.4, 0.5) is 0 Å². The van der Waals surface area contributed by atoms with Crippen LogP contribution in [0.2, 0.25) is 0 Å². The Balaban J connectivity index is 1.44. The smallest absolute Gasteiger partial charge is 0.172 e. The van der Waals surface area contributed by atoms with Gasteiger partial charge in [-0.25, -0.2) is 0 Å². The molecule has 0 amide bonds. The number of Topliss-reactive ketones (excluding diaryl/α,β-unsaturated/α-hetero) is 2. The van der Waals surface area contributed by atoms with Crippen molar-refractivity contribution in [3.63, 3.8) is 0 Å². The molecule has 3 aliphatic carbocycles. The van der Waals surface area contributed by atoms with Gasteiger partial charge < -0.3 is 43.0 Å². The summed E-state index contributed by atoms with van der Waals surface area (Å²) in [5, 5.41) is 12.6. The van der Waals surface area contributed by atoms with E-state index in [-0.39, 0.29) is 45.4 Å². The van der Waals surface area contributed by atoms with Gasteiger partial charge in [-0.1, -0.05) is 56.3 Å². The summed E-state index contributed by atoms with van der Waals surface area (Å²) in [4.78, 5) is 30.7. The van der Waals surface area contributed by atoms with Crippen molar-refractivity contribution in [1.29, 1.82) is 0 Å². The quantitative estimate of drug-likeness (QED) is 0.238. The lowest BCUT2D eigenvalue weighted by atomic mass is 9.48. The van der Waals surface area contributed by atoms with Crippen LogP contribution in [0.15, 0.2) is 54.6 Å². The molecule has 0 radical (unpaired) electrons. The Morgan fingerprint density at radius 3 is 2.16 bits per heavy atom. The molecule has 11 heteroatoms. The van der Waals surface area contributed by atoms with E-state index in [0.717, 1.165) is 11.1 Å². The largest absolute Gasteiger partial charge is 0.497 e. The van der Waals surface area contributed by atoms with Crippen LogP contribution in [0.1, 0.15) is 65.0 Å². The normalized spacial score (nSPS) is 35.9. The zero-order chi connectivity index (χ0) is 36.0. The SMILES string of the molecule is COCO[C@H]1C(=O)[C@]2(C)[C@@H](OCOCc3ccccc3)C[C@@H](OCc3ccc(OC)cc3)[C@@]3(COC(C)(C)O3)[C@H]2C(=O)[C@@]2(O)CC[C@H]1C2(C)C. The molecule has 11 nitrogen and oxygen atoms in total. The molecule has 3 saturated carbocycles. The third kappa shape index (κ3) is 6.23. The molecule has 1 spiro atoms. The van der Waals surface area contributed by atoms with E-state index >= 15 is 9.59 Å². The van der Waals surface area contributed by atoms with Crippen molar-refractivity contribution in [3.05, 3.63) is 65.7 Å². The fraction of sp³-hybridized carbons (Fsp3) is 0.641. The Labute approximate surface area is 294 Å². The van der Waals surface area contributed by atoms with Gasteiger partial charge >= 0.3 is 0 Å². The van der Waals surface area contributed by atoms with Crippen LogP contribution in [-0.4, -0.2) is 86.4 Å². The molecule has 1 saturated heterocycles. The molecule has 1 heterocycles. The van der Waals surface area contributed by atoms with Crippen molar-refractivity contribution in [3.8, 4) is 5.75 Å². The molecule has 4 fully saturated rings. The Hall–Kier alpha value is -2.74. The summed E-state index contributed by atoms with van der Waals surface area (Å²) in [7, 11) is 3.11. The predicted molar refractivity (Wildman–Crippen MR) is 181 cm³/mol. The van der Waals surface area contributed by atoms with E-state index in [0.29, 0.717) is 18.8 Å². The zero-order valence-corrected chi connectivity index (χ0v) is 30.3. The van der Waals surface area contributed by atoms with Crippen LogP contribution in [0, 0.1) is 22.7 Å². The van der Waals surface area contributed by atoms with Gasteiger partial charge in [-0.3, -0.25) is 9.59 Å². The lowest BCUT2D eigenvalue weighted by molar-refractivity contribution is -0.275. The van der Waals surface area contributed by atoms with E-state index in [1.807, 2.05) is 68.4 Å². The fourth-order valence-corrected chi connectivity index (χ4v) is 9.04. The lowest BCUT2D eigenvalue weighted by Gasteiger charge is -2.59. The summed E-state index contributed by atoms with van der Waals surface area (Å²) >= 11 is 0. The van der Waals surface area contributed by atoms with E-state index < -0.39 is 63.8 Å². The molecule has 2 aromatic rings. The molecule has 8 atom stereocenters. The second-order valence-corrected chi connectivity index (χ2v) is 15.4. The number of carbonyl (C=O) groups is 2. The highest BCUT2D eigenvalue weighted by molar-refractivity contribution is 6.01. The molecule has 2 bridgehead atoms. The third-order valence-corrected chi connectivity index (χ3v) is 11.9. The van der Waals surface area contributed by atoms with Crippen LogP contribution in [-0.2, 0) is 56.0 Å². The van der Waals surface area contributed by atoms with Crippen LogP contribution in [0.25, 0.3) is 0 Å². The highest BCUT2D eigenvalue weighted by Gasteiger charge is 2.77. The highest BCUT2D eigenvalue weighted by atomic mass is 16.8. The Kier molecular flexibility index (Phi) is 10.4. The van der Waals surface area contributed by atoms with Gasteiger partial charge in [0.1, 0.15) is 36.6 Å². The van der Waals surface area contributed by atoms with Crippen LogP contribution < -0.4 is 4.74 Å². The summed E-state index contributed by atoms with van der Waals surface area (Å²) in [5.74, 6) is -2.85. The minimum Gasteiger partial charge on any atom is -0.497 e. The molecule has 0 unspecified atom stereocenters. The van der Waals surface area contributed by atoms with Crippen molar-refractivity contribution >= 4 is 11.6 Å². The van der Waals surface area contributed by atoms with Crippen molar-refractivity contribution in [2.75, 3.05) is 34.4 Å². The third-order valence-electron chi connectivity index (χ3n) is 11.9. The number of aliphatic hydroxyl groups is 1. The maximum atomic E-state index is 15.4. The second-order valence-electron chi connectivity index (χ2n) is 15.4. The van der Waals surface area contributed by atoms with Gasteiger partial charge in [-0.2, -0.15) is 0 Å². The van der Waals surface area contributed by atoms with Gasteiger partial charge in [-0.05, 0) is 56.9 Å². The van der Waals surface area contributed by atoms with Crippen LogP contribution in [0.3, 0.4) is 0 Å². The van der Waals surface area contributed by atoms with Gasteiger partial charge in [0.25, 0.3) is 0 Å². The predicted octanol–water partition coefficient (Wildman–Crippen LogP) is 5.00. The maximum Gasteiger partial charge on any atom is 0.172 e. The molecule has 1 aliphatic heterocycles. The maximum absolute atomic E-state index is 15.4. The van der Waals surface area contributed by atoms with Gasteiger partial charge in [-0.15, -0.1) is 0 Å². The number of benzene rings is 2. The first kappa shape index (κ1) is 37.0. The van der Waals surface area contributed by atoms with Gasteiger partial charge in [0.05, 0.1) is 50.5 Å². The molecule has 0 aromatic heterocycles. The molecule has 1 N–H and O–H groups in total. The van der Waals surface area contributed by atoms with E-state index in [4.69, 9.17) is 37.9 Å². The summed E-state index contributed by atoms with van der Waals surface area (Å²) in [5.41, 5.74) is -3.95. The van der Waals surface area contributed by atoms with Gasteiger partial charge in [0.2, 0.25) is 0 Å². The van der Waals surface area contributed by atoms with Crippen molar-refractivity contribution in [1.82, 2.24) is 0 Å². The number of ketones is 2. The molecule has 4 aliphatic rings. The standard InChI is InChI=1S/C39H52O11/c1-35(2)28-17-18-39(35,42)34(41)32-37(5,33(40)31(28)48-23-43-6)29(47-24-45-20-25-11-9-8-10-12-25)19-30(38(32)22-49-36(3,4)50-38)46-21-26-13-15-27(44-7)16-14-26/h8-16,28-32,42H,17-24H2,1-7H3/t28-,29+,30-,31-,32+,37-,38+,39+/m1/s1. The molecular formula is C39H52O11. The number of carbonyl (C=O) groups excluding carboxylic acids is 2. The average molecular weight is 697 g/mol. The minimum atomic E-state index is -1.80. The summed E-state index contributed by atoms with van der Waals surface area (Å²) in [6.07, 6.45) is -1.88. The summed E-state index contributed by atoms with van der Waals surface area (Å²) < 4.78 is 49.2. The molecule has 6 rings (SSSR count). The number of ether oxygens (including phenoxy) is 8. The summed E-state index contributed by atoms with van der Waals surface area (Å²) in [6, 6.07) is 17.2. The average Bonchev–Trinajstić information content (AvgIpc) is 3.55. The van der Waals surface area contributed by atoms with Crippen LogP contribution >= 0.6 is 0 Å². The van der Waals surface area contributed by atoms with Crippen LogP contribution in [0.5, 0.6) is 5.75 Å². The van der Waals surface area contributed by atoms with E-state index in [9.17, 15) is 5.11 Å². The zero-order valence-electron chi connectivity index (χ0n) is 30.3. The number of hydrogen-bond acceptors (Lipinski definition) is 11. The monoisotopic (exact) mass is 696 g/mol. The van der Waals surface area contributed by atoms with E-state index in [2.05, 4.69) is 0 Å². The van der Waals surface area contributed by atoms with Crippen molar-refractivity contribution < 1.29 is 52.6 Å². The Morgan fingerprint density at radius 1 is 0.820 bits per heavy atom. The Morgan fingerprint density at radius 2 is 1.52 bits per heavy atom. The Bertz CT molecular complexity index is 1510. The molecule has 2 aromatic carbocycles. The van der Waals surface area contributed by atoms with E-state index in [1.54, 1.807) is 27.9 Å². The highest BCUT2D eigenvalue weighted by Crippen LogP contribution is 2.63. The number of rotatable bonds is 12. The number of methoxy groups -OCH3 is 2. The molecular weight excluding hydrogens is 644 g/mol.